The Bertz CT molecular complexity index is 548. The van der Waals surface area contributed by atoms with Crippen LogP contribution in [0.4, 0.5) is 5.69 Å². The fraction of sp³-hybridized carbons (Fsp3) is 0.286. The number of halogens is 1. The SMILES string of the molecule is Cc1nn(CCCNC(=S)Nc2ccccc2)cc1Cl. The van der Waals surface area contributed by atoms with E-state index in [0.717, 1.165) is 30.9 Å². The highest BCUT2D eigenvalue weighted by Gasteiger charge is 2.01. The highest BCUT2D eigenvalue weighted by atomic mass is 35.5. The molecule has 1 aromatic heterocycles. The Morgan fingerprint density at radius 1 is 1.35 bits per heavy atom. The summed E-state index contributed by atoms with van der Waals surface area (Å²) >= 11 is 11.2. The van der Waals surface area contributed by atoms with Crippen molar-refractivity contribution >= 4 is 34.6 Å². The number of hydrogen-bond acceptors (Lipinski definition) is 2. The summed E-state index contributed by atoms with van der Waals surface area (Å²) in [6.45, 7) is 3.50. The summed E-state index contributed by atoms with van der Waals surface area (Å²) < 4.78 is 1.85. The lowest BCUT2D eigenvalue weighted by Gasteiger charge is -2.10. The number of rotatable bonds is 5. The van der Waals surface area contributed by atoms with Gasteiger partial charge in [-0.1, -0.05) is 29.8 Å². The maximum Gasteiger partial charge on any atom is 0.170 e. The summed E-state index contributed by atoms with van der Waals surface area (Å²) in [4.78, 5) is 0. The van der Waals surface area contributed by atoms with E-state index in [4.69, 9.17) is 23.8 Å². The number of benzene rings is 1. The van der Waals surface area contributed by atoms with E-state index in [9.17, 15) is 0 Å². The molecule has 0 atom stereocenters. The van der Waals surface area contributed by atoms with E-state index < -0.39 is 0 Å². The summed E-state index contributed by atoms with van der Waals surface area (Å²) in [7, 11) is 0. The van der Waals surface area contributed by atoms with Gasteiger partial charge in [-0.05, 0) is 37.7 Å². The maximum atomic E-state index is 5.95. The molecule has 0 radical (unpaired) electrons. The molecule has 1 heterocycles. The fourth-order valence-corrected chi connectivity index (χ4v) is 2.12. The Hall–Kier alpha value is -1.59. The Kier molecular flexibility index (Phi) is 5.38. The largest absolute Gasteiger partial charge is 0.362 e. The Balaban J connectivity index is 1.67. The Labute approximate surface area is 129 Å². The quantitative estimate of drug-likeness (QED) is 0.657. The van der Waals surface area contributed by atoms with Crippen molar-refractivity contribution in [3.05, 3.63) is 47.2 Å². The Morgan fingerprint density at radius 3 is 2.75 bits per heavy atom. The van der Waals surface area contributed by atoms with Crippen LogP contribution in [0.25, 0.3) is 0 Å². The molecule has 0 aliphatic heterocycles. The monoisotopic (exact) mass is 308 g/mol. The van der Waals surface area contributed by atoms with E-state index in [2.05, 4.69) is 15.7 Å². The van der Waals surface area contributed by atoms with Crippen molar-refractivity contribution in [3.63, 3.8) is 0 Å². The van der Waals surface area contributed by atoms with Crippen LogP contribution in [0.3, 0.4) is 0 Å². The van der Waals surface area contributed by atoms with Crippen LogP contribution in [0.1, 0.15) is 12.1 Å². The van der Waals surface area contributed by atoms with Gasteiger partial charge in [-0.15, -0.1) is 0 Å². The third-order valence-corrected chi connectivity index (χ3v) is 3.39. The van der Waals surface area contributed by atoms with Crippen molar-refractivity contribution in [2.75, 3.05) is 11.9 Å². The second kappa shape index (κ2) is 7.26. The van der Waals surface area contributed by atoms with Crippen molar-refractivity contribution in [1.82, 2.24) is 15.1 Å². The van der Waals surface area contributed by atoms with Crippen LogP contribution in [0, 0.1) is 6.92 Å². The fourth-order valence-electron chi connectivity index (χ4n) is 1.75. The predicted molar refractivity (Wildman–Crippen MR) is 87.3 cm³/mol. The van der Waals surface area contributed by atoms with Gasteiger partial charge >= 0.3 is 0 Å². The van der Waals surface area contributed by atoms with E-state index in [0.29, 0.717) is 10.1 Å². The highest BCUT2D eigenvalue weighted by Crippen LogP contribution is 2.11. The Morgan fingerprint density at radius 2 is 2.10 bits per heavy atom. The molecule has 0 aliphatic carbocycles. The number of anilines is 1. The van der Waals surface area contributed by atoms with Crippen LogP contribution in [-0.2, 0) is 6.54 Å². The van der Waals surface area contributed by atoms with Gasteiger partial charge in [-0.2, -0.15) is 5.10 Å². The minimum Gasteiger partial charge on any atom is -0.362 e. The maximum absolute atomic E-state index is 5.95. The van der Waals surface area contributed by atoms with Crippen LogP contribution < -0.4 is 10.6 Å². The molecule has 0 bridgehead atoms. The molecule has 20 heavy (non-hydrogen) atoms. The molecular formula is C14H17ClN4S. The number of hydrogen-bond donors (Lipinski definition) is 2. The van der Waals surface area contributed by atoms with E-state index in [1.54, 1.807) is 0 Å². The molecule has 2 N–H and O–H groups in total. The predicted octanol–water partition coefficient (Wildman–Crippen LogP) is 3.22. The van der Waals surface area contributed by atoms with Gasteiger partial charge in [-0.3, -0.25) is 4.68 Å². The second-order valence-corrected chi connectivity index (χ2v) is 5.24. The van der Waals surface area contributed by atoms with Gasteiger partial charge in [0.05, 0.1) is 10.7 Å². The van der Waals surface area contributed by atoms with Gasteiger partial charge in [0.2, 0.25) is 0 Å². The highest BCUT2D eigenvalue weighted by molar-refractivity contribution is 7.80. The smallest absolute Gasteiger partial charge is 0.170 e. The summed E-state index contributed by atoms with van der Waals surface area (Å²) in [6, 6.07) is 9.85. The molecular weight excluding hydrogens is 292 g/mol. The minimum absolute atomic E-state index is 0.630. The van der Waals surface area contributed by atoms with Crippen LogP contribution in [0.5, 0.6) is 0 Å². The summed E-state index contributed by atoms with van der Waals surface area (Å²) in [5.41, 5.74) is 1.85. The van der Waals surface area contributed by atoms with Gasteiger partial charge in [0.15, 0.2) is 5.11 Å². The van der Waals surface area contributed by atoms with Crippen LogP contribution in [-0.4, -0.2) is 21.4 Å². The first-order valence-corrected chi connectivity index (χ1v) is 7.23. The third kappa shape index (κ3) is 4.51. The normalized spacial score (nSPS) is 10.3. The number of nitrogens with one attached hydrogen (secondary N) is 2. The third-order valence-electron chi connectivity index (χ3n) is 2.77. The molecule has 6 heteroatoms. The number of aryl methyl sites for hydroxylation is 2. The topological polar surface area (TPSA) is 41.9 Å². The van der Waals surface area contributed by atoms with Gasteiger partial charge < -0.3 is 10.6 Å². The molecule has 0 fully saturated rings. The second-order valence-electron chi connectivity index (χ2n) is 4.43. The van der Waals surface area contributed by atoms with Crippen molar-refractivity contribution < 1.29 is 0 Å². The molecule has 2 aromatic rings. The number of nitrogens with zero attached hydrogens (tertiary/aromatic N) is 2. The van der Waals surface area contributed by atoms with Crippen molar-refractivity contribution in [2.24, 2.45) is 0 Å². The van der Waals surface area contributed by atoms with E-state index in [1.807, 2.05) is 48.1 Å². The first-order valence-electron chi connectivity index (χ1n) is 6.44. The molecule has 0 spiro atoms. The van der Waals surface area contributed by atoms with Gasteiger partial charge in [0.25, 0.3) is 0 Å². The van der Waals surface area contributed by atoms with E-state index >= 15 is 0 Å². The molecule has 106 valence electrons. The number of thiocarbonyl (C=S) groups is 1. The van der Waals surface area contributed by atoms with Crippen molar-refractivity contribution in [3.8, 4) is 0 Å². The van der Waals surface area contributed by atoms with Crippen LogP contribution >= 0.6 is 23.8 Å². The van der Waals surface area contributed by atoms with Gasteiger partial charge in [-0.25, -0.2) is 0 Å². The lowest BCUT2D eigenvalue weighted by Crippen LogP contribution is -2.29. The summed E-state index contributed by atoms with van der Waals surface area (Å²) in [6.07, 6.45) is 2.77. The van der Waals surface area contributed by atoms with Crippen molar-refractivity contribution in [1.29, 1.82) is 0 Å². The molecule has 1 aromatic carbocycles. The average Bonchev–Trinajstić information content (AvgIpc) is 2.75. The first-order chi connectivity index (χ1) is 9.65. The molecule has 0 amide bonds. The zero-order valence-corrected chi connectivity index (χ0v) is 12.8. The molecule has 4 nitrogen and oxygen atoms in total. The number of para-hydroxylation sites is 1. The molecule has 0 unspecified atom stereocenters. The summed E-state index contributed by atoms with van der Waals surface area (Å²) in [5, 5.41) is 11.9. The zero-order chi connectivity index (χ0) is 14.4. The molecule has 0 saturated heterocycles. The summed E-state index contributed by atoms with van der Waals surface area (Å²) in [5.74, 6) is 0. The van der Waals surface area contributed by atoms with Crippen LogP contribution in [0.15, 0.2) is 36.5 Å². The molecule has 0 saturated carbocycles. The lowest BCUT2D eigenvalue weighted by molar-refractivity contribution is 0.570. The number of aromatic nitrogens is 2. The van der Waals surface area contributed by atoms with E-state index in [1.165, 1.54) is 0 Å². The van der Waals surface area contributed by atoms with Crippen molar-refractivity contribution in [2.45, 2.75) is 19.9 Å². The first kappa shape index (κ1) is 14.8. The average molecular weight is 309 g/mol. The zero-order valence-electron chi connectivity index (χ0n) is 11.3. The molecule has 0 aliphatic rings. The minimum atomic E-state index is 0.630. The van der Waals surface area contributed by atoms with Gasteiger partial charge in [0.1, 0.15) is 0 Å². The van der Waals surface area contributed by atoms with Crippen LogP contribution in [0.2, 0.25) is 5.02 Å². The van der Waals surface area contributed by atoms with Gasteiger partial charge in [0, 0.05) is 25.0 Å². The molecule has 2 rings (SSSR count). The standard InChI is InChI=1S/C14H17ClN4S/c1-11-13(15)10-19(18-11)9-5-8-16-14(20)17-12-6-3-2-4-7-12/h2-4,6-7,10H,5,8-9H2,1H3,(H2,16,17,20). The van der Waals surface area contributed by atoms with E-state index in [-0.39, 0.29) is 0 Å². The lowest BCUT2D eigenvalue weighted by atomic mass is 10.3.